The molecular formula is C73H46N6O2. The number of nitrogens with zero attached hydrogens (tertiary/aromatic N) is 6. The van der Waals surface area contributed by atoms with E-state index in [0.29, 0.717) is 5.82 Å². The van der Waals surface area contributed by atoms with Gasteiger partial charge in [0.15, 0.2) is 17.3 Å². The molecule has 0 N–H and O–H groups in total. The summed E-state index contributed by atoms with van der Waals surface area (Å²) in [5, 5.41) is 2.25. The zero-order valence-electron chi connectivity index (χ0n) is 43.6. The molecule has 380 valence electrons. The van der Waals surface area contributed by atoms with Crippen LogP contribution in [-0.4, -0.2) is 14.5 Å². The van der Waals surface area contributed by atoms with Crippen LogP contribution in [0.15, 0.2) is 288 Å². The molecule has 10 aromatic carbocycles. The van der Waals surface area contributed by atoms with E-state index in [2.05, 4.69) is 274 Å². The molecule has 0 fully saturated rings. The number of furan rings is 2. The van der Waals surface area contributed by atoms with Crippen LogP contribution in [0.1, 0.15) is 22.3 Å². The lowest BCUT2D eigenvalue weighted by Gasteiger charge is -2.44. The quantitative estimate of drug-likeness (QED) is 0.158. The molecule has 1 aliphatic carbocycles. The van der Waals surface area contributed by atoms with E-state index in [-0.39, 0.29) is 0 Å². The molecule has 8 heteroatoms. The van der Waals surface area contributed by atoms with E-state index in [1.165, 1.54) is 0 Å². The Kier molecular flexibility index (Phi) is 9.76. The van der Waals surface area contributed by atoms with Crippen molar-refractivity contribution in [3.8, 4) is 51.1 Å². The lowest BCUT2D eigenvalue weighted by atomic mass is 9.65. The second kappa shape index (κ2) is 17.5. The van der Waals surface area contributed by atoms with Gasteiger partial charge in [-0.25, -0.2) is 9.97 Å². The van der Waals surface area contributed by atoms with Gasteiger partial charge in [0.25, 0.3) is 0 Å². The Morgan fingerprint density at radius 2 is 0.815 bits per heavy atom. The molecule has 0 saturated heterocycles. The summed E-state index contributed by atoms with van der Waals surface area (Å²) in [6, 6.07) is 95.3. The zero-order valence-corrected chi connectivity index (χ0v) is 43.6. The largest absolute Gasteiger partial charge is 0.461 e. The minimum Gasteiger partial charge on any atom is -0.461 e. The maximum absolute atomic E-state index is 6.40. The van der Waals surface area contributed by atoms with Gasteiger partial charge in [0.1, 0.15) is 0 Å². The maximum atomic E-state index is 6.40. The smallest absolute Gasteiger partial charge is 0.174 e. The fraction of sp³-hybridized carbons (Fsp3) is 0.0137. The third-order valence-electron chi connectivity index (χ3n) is 16.6. The highest BCUT2D eigenvalue weighted by Gasteiger charge is 2.55. The fourth-order valence-electron chi connectivity index (χ4n) is 13.4. The Bertz CT molecular complexity index is 4660. The fourth-order valence-corrected chi connectivity index (χ4v) is 13.4. The second-order valence-electron chi connectivity index (χ2n) is 20.9. The standard InChI is InChI=1S/C73H46N6O2/c1-4-20-47(21-5-1)59-46-60(48-22-6-2-7-23-48)75-72(74-59)49-24-18-27-51(44-49)79-62-33-13-11-31-55(62)73(57-40-42-80-70(57)71-58(73)41-43-81-71)56-38-39-67-68(69(56)79)54-30-10-12-32-61(54)77(67)52-28-19-29-53(45-52)78-65-36-16-14-34-63(65)76(50-25-8-3-9-26-50)64-35-15-17-37-66(64)78/h1-46H. The lowest BCUT2D eigenvalue weighted by molar-refractivity contribution is 0.525. The summed E-state index contributed by atoms with van der Waals surface area (Å²) < 4.78 is 15.2. The summed E-state index contributed by atoms with van der Waals surface area (Å²) in [5.41, 5.74) is 21.1. The minimum absolute atomic E-state index is 0.641. The molecule has 2 aliphatic heterocycles. The molecule has 6 heterocycles. The van der Waals surface area contributed by atoms with Crippen molar-refractivity contribution < 1.29 is 8.83 Å². The highest BCUT2D eigenvalue weighted by atomic mass is 16.4. The summed E-state index contributed by atoms with van der Waals surface area (Å²) in [6.45, 7) is 0. The van der Waals surface area contributed by atoms with Gasteiger partial charge in [0.2, 0.25) is 0 Å². The molecule has 0 saturated carbocycles. The predicted molar refractivity (Wildman–Crippen MR) is 326 cm³/mol. The number of hydrogen-bond donors (Lipinski definition) is 0. The summed E-state index contributed by atoms with van der Waals surface area (Å²) in [4.78, 5) is 17.9. The van der Waals surface area contributed by atoms with Crippen molar-refractivity contribution in [2.45, 2.75) is 5.41 Å². The van der Waals surface area contributed by atoms with Gasteiger partial charge in [-0.3, -0.25) is 0 Å². The van der Waals surface area contributed by atoms with E-state index in [9.17, 15) is 0 Å². The van der Waals surface area contributed by atoms with Crippen LogP contribution in [0.25, 0.3) is 72.9 Å². The topological polar surface area (TPSA) is 66.7 Å². The highest BCUT2D eigenvalue weighted by molar-refractivity contribution is 6.19. The van der Waals surface area contributed by atoms with E-state index in [1.54, 1.807) is 12.5 Å². The predicted octanol–water partition coefficient (Wildman–Crippen LogP) is 19.2. The third-order valence-corrected chi connectivity index (χ3v) is 16.6. The normalized spacial score (nSPS) is 13.5. The van der Waals surface area contributed by atoms with Crippen LogP contribution in [0.3, 0.4) is 0 Å². The van der Waals surface area contributed by atoms with Crippen LogP contribution in [0.2, 0.25) is 0 Å². The highest BCUT2D eigenvalue weighted by Crippen LogP contribution is 2.66. The molecule has 0 amide bonds. The average molecular weight is 1040 g/mol. The molecule has 14 aromatic rings. The Balaban J connectivity index is 0.907. The first-order valence-electron chi connectivity index (χ1n) is 27.4. The van der Waals surface area contributed by atoms with Crippen molar-refractivity contribution in [3.05, 3.63) is 302 Å². The van der Waals surface area contributed by atoms with Gasteiger partial charge in [0.05, 0.1) is 74.5 Å². The van der Waals surface area contributed by atoms with Crippen molar-refractivity contribution in [1.82, 2.24) is 14.5 Å². The van der Waals surface area contributed by atoms with Gasteiger partial charge >= 0.3 is 0 Å². The number of anilines is 9. The first kappa shape index (κ1) is 45.1. The first-order valence-corrected chi connectivity index (χ1v) is 27.4. The maximum Gasteiger partial charge on any atom is 0.174 e. The van der Waals surface area contributed by atoms with Crippen LogP contribution >= 0.6 is 0 Å². The molecule has 0 radical (unpaired) electrons. The monoisotopic (exact) mass is 1040 g/mol. The van der Waals surface area contributed by atoms with Crippen LogP contribution in [0.5, 0.6) is 0 Å². The SMILES string of the molecule is c1ccc(-c2cc(-c3ccccc3)nc(-c3cccc(N4c5ccccc5C5(c6ccoc6-c6occc65)c5ccc6c(c54)c4ccccc4n6-c4cccc(N5c6ccccc6N(c6ccccc6)c6ccccc65)c4)c3)n2)cc1. The average Bonchev–Trinajstić information content (AvgIpc) is 2.02. The molecule has 81 heavy (non-hydrogen) atoms. The molecular weight excluding hydrogens is 993 g/mol. The van der Waals surface area contributed by atoms with Crippen molar-refractivity contribution in [2.75, 3.05) is 14.7 Å². The first-order chi connectivity index (χ1) is 40.2. The minimum atomic E-state index is -0.775. The summed E-state index contributed by atoms with van der Waals surface area (Å²) in [5.74, 6) is 2.15. The van der Waals surface area contributed by atoms with E-state index in [4.69, 9.17) is 18.8 Å². The summed E-state index contributed by atoms with van der Waals surface area (Å²) in [6.07, 6.45) is 3.61. The number of hydrogen-bond acceptors (Lipinski definition) is 7. The molecule has 0 bridgehead atoms. The molecule has 1 spiro atoms. The molecule has 4 aromatic heterocycles. The van der Waals surface area contributed by atoms with E-state index >= 15 is 0 Å². The van der Waals surface area contributed by atoms with Crippen LogP contribution < -0.4 is 14.7 Å². The van der Waals surface area contributed by atoms with Crippen LogP contribution in [0, 0.1) is 0 Å². The Morgan fingerprint density at radius 1 is 0.321 bits per heavy atom. The summed E-state index contributed by atoms with van der Waals surface area (Å²) in [7, 11) is 0. The van der Waals surface area contributed by atoms with Gasteiger partial charge in [0, 0.05) is 61.3 Å². The van der Waals surface area contributed by atoms with E-state index in [1.807, 2.05) is 12.1 Å². The Hall–Kier alpha value is -11.0. The van der Waals surface area contributed by atoms with Crippen LogP contribution in [-0.2, 0) is 5.41 Å². The van der Waals surface area contributed by atoms with Crippen molar-refractivity contribution in [3.63, 3.8) is 0 Å². The molecule has 17 rings (SSSR count). The van der Waals surface area contributed by atoms with Crippen molar-refractivity contribution in [1.29, 1.82) is 0 Å². The van der Waals surface area contributed by atoms with Crippen molar-refractivity contribution in [2.24, 2.45) is 0 Å². The number of fused-ring (bicyclic) bond motifs is 15. The van der Waals surface area contributed by atoms with Gasteiger partial charge in [-0.1, -0.05) is 164 Å². The Labute approximate surface area is 466 Å². The van der Waals surface area contributed by atoms with Gasteiger partial charge in [-0.05, 0) is 114 Å². The number of aromatic nitrogens is 3. The van der Waals surface area contributed by atoms with E-state index in [0.717, 1.165) is 141 Å². The van der Waals surface area contributed by atoms with Gasteiger partial charge < -0.3 is 28.1 Å². The molecule has 3 aliphatic rings. The number of benzene rings is 10. The van der Waals surface area contributed by atoms with E-state index < -0.39 is 5.41 Å². The van der Waals surface area contributed by atoms with Crippen LogP contribution in [0.4, 0.5) is 51.2 Å². The zero-order chi connectivity index (χ0) is 53.2. The van der Waals surface area contributed by atoms with Crippen molar-refractivity contribution >= 4 is 73.0 Å². The van der Waals surface area contributed by atoms with Gasteiger partial charge in [-0.15, -0.1) is 0 Å². The lowest BCUT2D eigenvalue weighted by Crippen LogP contribution is -2.36. The molecule has 8 nitrogen and oxygen atoms in total. The third kappa shape index (κ3) is 6.53. The number of para-hydroxylation sites is 7. The molecule has 0 atom stereocenters. The van der Waals surface area contributed by atoms with Gasteiger partial charge in [-0.2, -0.15) is 0 Å². The number of rotatable bonds is 7. The molecule has 0 unspecified atom stereocenters. The summed E-state index contributed by atoms with van der Waals surface area (Å²) >= 11 is 0. The second-order valence-corrected chi connectivity index (χ2v) is 20.9. The Morgan fingerprint density at radius 3 is 1.46 bits per heavy atom.